The van der Waals surface area contributed by atoms with E-state index < -0.39 is 0 Å². The molecule has 1 aromatic heterocycles. The fourth-order valence-corrected chi connectivity index (χ4v) is 2.95. The largest absolute Gasteiger partial charge is 0.370 e. The summed E-state index contributed by atoms with van der Waals surface area (Å²) in [6, 6.07) is 9.64. The van der Waals surface area contributed by atoms with Gasteiger partial charge in [-0.3, -0.25) is 0 Å². The Morgan fingerprint density at radius 2 is 2.23 bits per heavy atom. The number of benzene rings is 1. The molecule has 3 rings (SSSR count). The Morgan fingerprint density at radius 1 is 1.32 bits per heavy atom. The van der Waals surface area contributed by atoms with Crippen LogP contribution in [0.4, 0.5) is 5.82 Å². The molecule has 1 aromatic carbocycles. The molecule has 0 saturated carbocycles. The van der Waals surface area contributed by atoms with Crippen molar-refractivity contribution in [3.63, 3.8) is 0 Å². The van der Waals surface area contributed by atoms with E-state index in [-0.39, 0.29) is 0 Å². The number of nitrogens with zero attached hydrogens (tertiary/aromatic N) is 2. The summed E-state index contributed by atoms with van der Waals surface area (Å²) in [5.74, 6) is 2.26. The quantitative estimate of drug-likeness (QED) is 0.906. The average Bonchev–Trinajstić information content (AvgIpc) is 2.53. The zero-order valence-electron chi connectivity index (χ0n) is 12.8. The molecule has 1 aliphatic rings. The SMILES string of the molecule is Cc1cc(NCC2CCCNC2)nc(-c2cccc(Cl)c2)n1. The first-order chi connectivity index (χ1) is 10.7. The number of nitrogens with one attached hydrogen (secondary N) is 2. The molecule has 5 heteroatoms. The number of aromatic nitrogens is 2. The molecule has 1 aliphatic heterocycles. The highest BCUT2D eigenvalue weighted by molar-refractivity contribution is 6.30. The van der Waals surface area contributed by atoms with E-state index in [1.54, 1.807) is 0 Å². The summed E-state index contributed by atoms with van der Waals surface area (Å²) < 4.78 is 0. The molecule has 116 valence electrons. The Bertz CT molecular complexity index is 638. The Kier molecular flexibility index (Phi) is 4.90. The smallest absolute Gasteiger partial charge is 0.161 e. The highest BCUT2D eigenvalue weighted by Gasteiger charge is 2.13. The van der Waals surface area contributed by atoms with Crippen LogP contribution in [0.3, 0.4) is 0 Å². The minimum Gasteiger partial charge on any atom is -0.370 e. The van der Waals surface area contributed by atoms with Crippen LogP contribution in [0, 0.1) is 12.8 Å². The maximum Gasteiger partial charge on any atom is 0.161 e. The van der Waals surface area contributed by atoms with E-state index in [0.29, 0.717) is 16.8 Å². The van der Waals surface area contributed by atoms with Crippen LogP contribution in [-0.2, 0) is 0 Å². The van der Waals surface area contributed by atoms with E-state index in [2.05, 4.69) is 20.6 Å². The number of anilines is 1. The highest BCUT2D eigenvalue weighted by atomic mass is 35.5. The Balaban J connectivity index is 1.74. The van der Waals surface area contributed by atoms with Crippen molar-refractivity contribution in [1.82, 2.24) is 15.3 Å². The summed E-state index contributed by atoms with van der Waals surface area (Å²) >= 11 is 6.06. The van der Waals surface area contributed by atoms with Crippen LogP contribution < -0.4 is 10.6 Å². The lowest BCUT2D eigenvalue weighted by Gasteiger charge is -2.23. The van der Waals surface area contributed by atoms with E-state index in [4.69, 9.17) is 11.6 Å². The van der Waals surface area contributed by atoms with Gasteiger partial charge in [0.1, 0.15) is 5.82 Å². The molecule has 2 aromatic rings. The molecule has 1 saturated heterocycles. The van der Waals surface area contributed by atoms with Gasteiger partial charge in [0.05, 0.1) is 0 Å². The van der Waals surface area contributed by atoms with E-state index in [1.807, 2.05) is 37.3 Å². The van der Waals surface area contributed by atoms with Gasteiger partial charge in [-0.05, 0) is 50.9 Å². The summed E-state index contributed by atoms with van der Waals surface area (Å²) in [7, 11) is 0. The van der Waals surface area contributed by atoms with Gasteiger partial charge in [-0.2, -0.15) is 0 Å². The van der Waals surface area contributed by atoms with Gasteiger partial charge in [0.2, 0.25) is 0 Å². The average molecular weight is 317 g/mol. The molecule has 22 heavy (non-hydrogen) atoms. The predicted octanol–water partition coefficient (Wildman–Crippen LogP) is 3.52. The van der Waals surface area contributed by atoms with Crippen molar-refractivity contribution < 1.29 is 0 Å². The van der Waals surface area contributed by atoms with Gasteiger partial charge >= 0.3 is 0 Å². The van der Waals surface area contributed by atoms with Crippen molar-refractivity contribution >= 4 is 17.4 Å². The van der Waals surface area contributed by atoms with Crippen LogP contribution in [0.1, 0.15) is 18.5 Å². The first-order valence-electron chi connectivity index (χ1n) is 7.77. The van der Waals surface area contributed by atoms with Crippen LogP contribution in [0.25, 0.3) is 11.4 Å². The zero-order chi connectivity index (χ0) is 15.4. The minimum absolute atomic E-state index is 0.665. The van der Waals surface area contributed by atoms with E-state index in [0.717, 1.165) is 36.7 Å². The van der Waals surface area contributed by atoms with E-state index in [1.165, 1.54) is 12.8 Å². The lowest BCUT2D eigenvalue weighted by atomic mass is 10.00. The van der Waals surface area contributed by atoms with Crippen LogP contribution >= 0.6 is 11.6 Å². The molecule has 1 atom stereocenters. The summed E-state index contributed by atoms with van der Waals surface area (Å²) in [5.41, 5.74) is 1.90. The van der Waals surface area contributed by atoms with Gasteiger partial charge in [0, 0.05) is 28.9 Å². The van der Waals surface area contributed by atoms with Gasteiger partial charge in [0.15, 0.2) is 5.82 Å². The summed E-state index contributed by atoms with van der Waals surface area (Å²) in [5, 5.41) is 7.59. The number of hydrogen-bond acceptors (Lipinski definition) is 4. The second-order valence-corrected chi connectivity index (χ2v) is 6.26. The summed E-state index contributed by atoms with van der Waals surface area (Å²) in [6.45, 7) is 5.15. The molecule has 0 aliphatic carbocycles. The number of aryl methyl sites for hydroxylation is 1. The van der Waals surface area contributed by atoms with E-state index >= 15 is 0 Å². The van der Waals surface area contributed by atoms with Gasteiger partial charge in [-0.15, -0.1) is 0 Å². The number of halogens is 1. The van der Waals surface area contributed by atoms with Crippen LogP contribution in [0.5, 0.6) is 0 Å². The molecule has 1 unspecified atom stereocenters. The lowest BCUT2D eigenvalue weighted by Crippen LogP contribution is -2.33. The second kappa shape index (κ2) is 7.07. The number of hydrogen-bond donors (Lipinski definition) is 2. The van der Waals surface area contributed by atoms with Gasteiger partial charge < -0.3 is 10.6 Å². The van der Waals surface area contributed by atoms with Crippen molar-refractivity contribution in [3.8, 4) is 11.4 Å². The molecule has 0 spiro atoms. The molecule has 2 heterocycles. The molecule has 4 nitrogen and oxygen atoms in total. The van der Waals surface area contributed by atoms with Crippen molar-refractivity contribution in [3.05, 3.63) is 41.0 Å². The summed E-state index contributed by atoms with van der Waals surface area (Å²) in [4.78, 5) is 9.15. The standard InChI is InChI=1S/C17H21ClN4/c1-12-8-16(20-11-13-4-3-7-19-10-13)22-17(21-12)14-5-2-6-15(18)9-14/h2,5-6,8-9,13,19H,3-4,7,10-11H2,1H3,(H,20,21,22). The fraction of sp³-hybridized carbons (Fsp3) is 0.412. The molecule has 0 radical (unpaired) electrons. The Labute approximate surface area is 136 Å². The summed E-state index contributed by atoms with van der Waals surface area (Å²) in [6.07, 6.45) is 2.52. The zero-order valence-corrected chi connectivity index (χ0v) is 13.5. The molecule has 0 amide bonds. The third-order valence-electron chi connectivity index (χ3n) is 3.91. The molecule has 1 fully saturated rings. The molecular weight excluding hydrogens is 296 g/mol. The van der Waals surface area contributed by atoms with Crippen LogP contribution in [0.15, 0.2) is 30.3 Å². The van der Waals surface area contributed by atoms with Crippen molar-refractivity contribution in [2.24, 2.45) is 5.92 Å². The third kappa shape index (κ3) is 3.96. The van der Waals surface area contributed by atoms with Gasteiger partial charge in [0.25, 0.3) is 0 Å². The van der Waals surface area contributed by atoms with Crippen molar-refractivity contribution in [2.75, 3.05) is 25.0 Å². The molecule has 2 N–H and O–H groups in total. The maximum atomic E-state index is 6.06. The Hall–Kier alpha value is -1.65. The predicted molar refractivity (Wildman–Crippen MR) is 91.3 cm³/mol. The first kappa shape index (κ1) is 15.3. The minimum atomic E-state index is 0.665. The fourth-order valence-electron chi connectivity index (χ4n) is 2.76. The van der Waals surface area contributed by atoms with Crippen molar-refractivity contribution in [1.29, 1.82) is 0 Å². The first-order valence-corrected chi connectivity index (χ1v) is 8.15. The maximum absolute atomic E-state index is 6.06. The second-order valence-electron chi connectivity index (χ2n) is 5.82. The van der Waals surface area contributed by atoms with Crippen molar-refractivity contribution in [2.45, 2.75) is 19.8 Å². The van der Waals surface area contributed by atoms with Crippen LogP contribution in [-0.4, -0.2) is 29.6 Å². The highest BCUT2D eigenvalue weighted by Crippen LogP contribution is 2.21. The monoisotopic (exact) mass is 316 g/mol. The van der Waals surface area contributed by atoms with Gasteiger partial charge in [-0.1, -0.05) is 23.7 Å². The molecule has 0 bridgehead atoms. The number of piperidine rings is 1. The topological polar surface area (TPSA) is 49.8 Å². The van der Waals surface area contributed by atoms with Gasteiger partial charge in [-0.25, -0.2) is 9.97 Å². The van der Waals surface area contributed by atoms with E-state index in [9.17, 15) is 0 Å². The number of rotatable bonds is 4. The normalized spacial score (nSPS) is 18.2. The van der Waals surface area contributed by atoms with Crippen LogP contribution in [0.2, 0.25) is 5.02 Å². The third-order valence-corrected chi connectivity index (χ3v) is 4.14. The lowest BCUT2D eigenvalue weighted by molar-refractivity contribution is 0.392. The molecular formula is C17H21ClN4. The Morgan fingerprint density at radius 3 is 3.00 bits per heavy atom.